The number of aryl methyl sites for hydroxylation is 1. The van der Waals surface area contributed by atoms with Crippen molar-refractivity contribution in [3.63, 3.8) is 0 Å². The van der Waals surface area contributed by atoms with Gasteiger partial charge in [0.2, 0.25) is 11.6 Å². The lowest BCUT2D eigenvalue weighted by Crippen LogP contribution is -2.53. The van der Waals surface area contributed by atoms with Gasteiger partial charge in [-0.25, -0.2) is 4.58 Å². The van der Waals surface area contributed by atoms with Crippen molar-refractivity contribution in [1.82, 2.24) is 5.32 Å². The van der Waals surface area contributed by atoms with Crippen LogP contribution in [0.15, 0.2) is 36.1 Å². The van der Waals surface area contributed by atoms with Gasteiger partial charge in [0.15, 0.2) is 6.04 Å². The zero-order valence-corrected chi connectivity index (χ0v) is 16.5. The van der Waals surface area contributed by atoms with E-state index in [4.69, 9.17) is 4.74 Å². The number of aliphatic imine (C=N–C) groups is 1. The first-order chi connectivity index (χ1) is 12.2. The summed E-state index contributed by atoms with van der Waals surface area (Å²) in [5, 5.41) is 14.4. The molecule has 1 aliphatic carbocycles. The first-order valence-electron chi connectivity index (χ1n) is 8.72. The molecule has 0 saturated heterocycles. The predicted molar refractivity (Wildman–Crippen MR) is 108 cm³/mol. The Hall–Kier alpha value is -2.24. The standard InChI is InChI=1S/C21H30N3O2/c1-13(2)20-14(3)9-17-10-18(20)15(4)21(25,26-8)19(11-17)24(7)12-23-16(5)22-6/h9-10,12,15,19,22,25H,1,5,7,11H2,2-4,6,8H3/q+1/b23-12-. The fraction of sp³-hybridized carbons (Fsp3) is 0.429. The molecule has 0 saturated carbocycles. The Morgan fingerprint density at radius 2 is 2.12 bits per heavy atom. The number of hydrogen-bond acceptors (Lipinski definition) is 4. The van der Waals surface area contributed by atoms with E-state index in [9.17, 15) is 5.11 Å². The number of allylic oxidation sites excluding steroid dienone is 1. The summed E-state index contributed by atoms with van der Waals surface area (Å²) in [5.74, 6) is -1.18. The maximum atomic E-state index is 11.5. The van der Waals surface area contributed by atoms with Gasteiger partial charge in [-0.15, -0.1) is 0 Å². The molecule has 1 aromatic rings. The van der Waals surface area contributed by atoms with E-state index < -0.39 is 11.8 Å². The van der Waals surface area contributed by atoms with Gasteiger partial charge in [0.05, 0.1) is 6.72 Å². The van der Waals surface area contributed by atoms with Crippen LogP contribution in [0.5, 0.6) is 0 Å². The Kier molecular flexibility index (Phi) is 5.84. The van der Waals surface area contributed by atoms with Gasteiger partial charge in [-0.05, 0) is 47.7 Å². The highest BCUT2D eigenvalue weighted by Crippen LogP contribution is 2.41. The van der Waals surface area contributed by atoms with Gasteiger partial charge in [-0.3, -0.25) is 0 Å². The van der Waals surface area contributed by atoms with E-state index >= 15 is 0 Å². The quantitative estimate of drug-likeness (QED) is 0.357. The fourth-order valence-electron chi connectivity index (χ4n) is 3.77. The molecule has 0 fully saturated rings. The van der Waals surface area contributed by atoms with Gasteiger partial charge in [-0.1, -0.05) is 31.2 Å². The second kappa shape index (κ2) is 7.56. The summed E-state index contributed by atoms with van der Waals surface area (Å²) in [6, 6.07) is 3.88. The van der Waals surface area contributed by atoms with Crippen LogP contribution >= 0.6 is 0 Å². The molecule has 0 radical (unpaired) electrons. The van der Waals surface area contributed by atoms with E-state index in [1.807, 2.05) is 13.8 Å². The van der Waals surface area contributed by atoms with E-state index in [0.717, 1.165) is 27.8 Å². The van der Waals surface area contributed by atoms with Crippen molar-refractivity contribution in [2.45, 2.75) is 44.9 Å². The topological polar surface area (TPSA) is 56.9 Å². The van der Waals surface area contributed by atoms with Crippen molar-refractivity contribution >= 4 is 18.6 Å². The predicted octanol–water partition coefficient (Wildman–Crippen LogP) is 2.82. The van der Waals surface area contributed by atoms with Crippen LogP contribution in [0.3, 0.4) is 0 Å². The van der Waals surface area contributed by atoms with Crippen LogP contribution in [0.25, 0.3) is 5.57 Å². The number of aliphatic hydroxyl groups is 1. The van der Waals surface area contributed by atoms with Crippen molar-refractivity contribution < 1.29 is 14.4 Å². The molecule has 0 heterocycles. The molecule has 26 heavy (non-hydrogen) atoms. The average Bonchev–Trinajstić information content (AvgIpc) is 2.68. The molecule has 5 nitrogen and oxygen atoms in total. The number of nitrogens with zero attached hydrogens (tertiary/aromatic N) is 2. The minimum Gasteiger partial charge on any atom is -0.362 e. The number of nitrogens with one attached hydrogen (secondary N) is 1. The fourth-order valence-corrected chi connectivity index (χ4v) is 3.77. The maximum Gasteiger partial charge on any atom is 0.288 e. The summed E-state index contributed by atoms with van der Waals surface area (Å²) < 4.78 is 7.31. The van der Waals surface area contributed by atoms with Crippen molar-refractivity contribution in [3.8, 4) is 0 Å². The molecule has 1 aliphatic rings. The summed E-state index contributed by atoms with van der Waals surface area (Å²) in [6.45, 7) is 18.0. The summed E-state index contributed by atoms with van der Waals surface area (Å²) in [6.07, 6.45) is 2.15. The van der Waals surface area contributed by atoms with Gasteiger partial charge in [-0.2, -0.15) is 0 Å². The Morgan fingerprint density at radius 3 is 2.65 bits per heavy atom. The van der Waals surface area contributed by atoms with Gasteiger partial charge < -0.3 is 15.2 Å². The molecule has 5 heteroatoms. The van der Waals surface area contributed by atoms with Crippen molar-refractivity contribution in [1.29, 1.82) is 0 Å². The van der Waals surface area contributed by atoms with Crippen molar-refractivity contribution in [2.75, 3.05) is 14.2 Å². The lowest BCUT2D eigenvalue weighted by Gasteiger charge is -2.37. The Bertz CT molecular complexity index is 782. The van der Waals surface area contributed by atoms with Crippen LogP contribution in [-0.2, 0) is 11.2 Å². The zero-order valence-electron chi connectivity index (χ0n) is 16.5. The highest BCUT2D eigenvalue weighted by molar-refractivity contribution is 5.69. The molecular formula is C21H30N3O2+. The minimum absolute atomic E-state index is 0.268. The Morgan fingerprint density at radius 1 is 1.46 bits per heavy atom. The van der Waals surface area contributed by atoms with E-state index in [1.165, 1.54) is 7.11 Å². The zero-order chi connectivity index (χ0) is 19.6. The molecule has 1 aromatic carbocycles. The number of ether oxygens (including phenoxy) is 1. The van der Waals surface area contributed by atoms with Crippen molar-refractivity contribution in [2.24, 2.45) is 4.99 Å². The smallest absolute Gasteiger partial charge is 0.288 e. The molecule has 0 aromatic heterocycles. The lowest BCUT2D eigenvalue weighted by atomic mass is 9.84. The number of fused-ring (bicyclic) bond motifs is 2. The second-order valence-corrected chi connectivity index (χ2v) is 7.01. The minimum atomic E-state index is -1.43. The van der Waals surface area contributed by atoms with Crippen LogP contribution < -0.4 is 5.32 Å². The van der Waals surface area contributed by atoms with Crippen LogP contribution in [0, 0.1) is 6.92 Å². The Balaban J connectivity index is 2.55. The van der Waals surface area contributed by atoms with E-state index in [-0.39, 0.29) is 5.92 Å². The van der Waals surface area contributed by atoms with Crippen LogP contribution in [0.2, 0.25) is 0 Å². The first-order valence-corrected chi connectivity index (χ1v) is 8.72. The number of benzene rings is 1. The van der Waals surface area contributed by atoms with Crippen LogP contribution in [0.4, 0.5) is 0 Å². The summed E-state index contributed by atoms with van der Waals surface area (Å²) >= 11 is 0. The monoisotopic (exact) mass is 356 g/mol. The second-order valence-electron chi connectivity index (χ2n) is 7.01. The molecule has 2 bridgehead atoms. The number of hydrogen-bond donors (Lipinski definition) is 2. The van der Waals surface area contributed by atoms with Gasteiger partial charge in [0, 0.05) is 26.5 Å². The summed E-state index contributed by atoms with van der Waals surface area (Å²) in [4.78, 5) is 4.22. The summed E-state index contributed by atoms with van der Waals surface area (Å²) in [5.41, 5.74) is 5.39. The van der Waals surface area contributed by atoms with Gasteiger partial charge >= 0.3 is 0 Å². The molecule has 140 valence electrons. The molecule has 2 N–H and O–H groups in total. The van der Waals surface area contributed by atoms with Crippen LogP contribution in [0.1, 0.15) is 42.0 Å². The largest absolute Gasteiger partial charge is 0.362 e. The number of rotatable bonds is 6. The lowest BCUT2D eigenvalue weighted by molar-refractivity contribution is -0.497. The molecule has 0 spiro atoms. The molecule has 3 unspecified atom stereocenters. The molecule has 2 rings (SSSR count). The van der Waals surface area contributed by atoms with Gasteiger partial charge in [0.25, 0.3) is 6.34 Å². The summed E-state index contributed by atoms with van der Waals surface area (Å²) in [7, 11) is 3.28. The normalized spacial score (nSPS) is 25.0. The third-order valence-corrected chi connectivity index (χ3v) is 5.22. The van der Waals surface area contributed by atoms with Gasteiger partial charge in [0.1, 0.15) is 0 Å². The molecular weight excluding hydrogens is 326 g/mol. The third-order valence-electron chi connectivity index (χ3n) is 5.22. The molecule has 3 atom stereocenters. The first kappa shape index (κ1) is 20.1. The third kappa shape index (κ3) is 3.50. The maximum absolute atomic E-state index is 11.5. The molecule has 0 aliphatic heterocycles. The molecule has 0 amide bonds. The average molecular weight is 356 g/mol. The van der Waals surface area contributed by atoms with Crippen molar-refractivity contribution in [3.05, 3.63) is 53.4 Å². The van der Waals surface area contributed by atoms with Crippen LogP contribution in [-0.4, -0.2) is 48.7 Å². The van der Waals surface area contributed by atoms with E-state index in [1.54, 1.807) is 18.0 Å². The number of methoxy groups -OCH3 is 1. The van der Waals surface area contributed by atoms with E-state index in [2.05, 4.69) is 49.2 Å². The highest BCUT2D eigenvalue weighted by Gasteiger charge is 2.49. The van der Waals surface area contributed by atoms with E-state index in [0.29, 0.717) is 12.2 Å². The SMILES string of the molecule is C=C(/N=C\[N+](=C)C1Cc2cc(C)c(C(=C)C)c(c2)C(C)C1(O)OC)NC. The highest BCUT2D eigenvalue weighted by atomic mass is 16.6. The Labute approximate surface area is 156 Å².